The molecule has 0 radical (unpaired) electrons. The van der Waals surface area contributed by atoms with Gasteiger partial charge in [-0.3, -0.25) is 0 Å². The van der Waals surface area contributed by atoms with Crippen molar-refractivity contribution in [2.45, 2.75) is 58.5 Å². The predicted octanol–water partition coefficient (Wildman–Crippen LogP) is 2.93. The van der Waals surface area contributed by atoms with Crippen molar-refractivity contribution in [3.63, 3.8) is 0 Å². The Morgan fingerprint density at radius 2 is 2.25 bits per heavy atom. The summed E-state index contributed by atoms with van der Waals surface area (Å²) in [6.45, 7) is 5.85. The number of rotatable bonds is 2. The highest BCUT2D eigenvalue weighted by atomic mass is 15.0. The van der Waals surface area contributed by atoms with E-state index in [0.29, 0.717) is 5.41 Å². The molecule has 1 unspecified atom stereocenters. The predicted molar refractivity (Wildman–Crippen MR) is 66.4 cm³/mol. The molecule has 2 nitrogen and oxygen atoms in total. The van der Waals surface area contributed by atoms with Crippen molar-refractivity contribution in [2.24, 2.45) is 11.1 Å². The van der Waals surface area contributed by atoms with E-state index in [4.69, 9.17) is 5.73 Å². The van der Waals surface area contributed by atoms with Crippen molar-refractivity contribution in [3.8, 4) is 0 Å². The number of nitrogens with two attached hydrogens (primary N) is 1. The first-order chi connectivity index (χ1) is 7.59. The van der Waals surface area contributed by atoms with E-state index in [1.807, 2.05) is 0 Å². The summed E-state index contributed by atoms with van der Waals surface area (Å²) in [4.78, 5) is 0. The second kappa shape index (κ2) is 3.36. The molecule has 1 aromatic rings. The van der Waals surface area contributed by atoms with Crippen LogP contribution in [0.25, 0.3) is 0 Å². The van der Waals surface area contributed by atoms with Crippen molar-refractivity contribution < 1.29 is 0 Å². The molecule has 16 heavy (non-hydrogen) atoms. The van der Waals surface area contributed by atoms with Gasteiger partial charge in [0.25, 0.3) is 0 Å². The highest BCUT2D eigenvalue weighted by Gasteiger charge is 2.38. The van der Waals surface area contributed by atoms with Crippen LogP contribution in [0.15, 0.2) is 6.07 Å². The van der Waals surface area contributed by atoms with Gasteiger partial charge in [-0.25, -0.2) is 0 Å². The molecule has 1 atom stereocenters. The fourth-order valence-electron chi connectivity index (χ4n) is 2.97. The first-order valence-electron chi connectivity index (χ1n) is 6.54. The average Bonchev–Trinajstić information content (AvgIpc) is 2.88. The van der Waals surface area contributed by atoms with Gasteiger partial charge in [-0.1, -0.05) is 6.92 Å². The van der Waals surface area contributed by atoms with Crippen molar-refractivity contribution >= 4 is 0 Å². The molecule has 0 bridgehead atoms. The minimum atomic E-state index is 0.288. The van der Waals surface area contributed by atoms with Crippen LogP contribution in [0, 0.1) is 12.3 Å². The zero-order chi connectivity index (χ0) is 11.3. The largest absolute Gasteiger partial charge is 0.348 e. The van der Waals surface area contributed by atoms with E-state index in [1.165, 1.54) is 49.2 Å². The zero-order valence-corrected chi connectivity index (χ0v) is 10.4. The Morgan fingerprint density at radius 3 is 2.94 bits per heavy atom. The number of aryl methyl sites for hydroxylation is 1. The van der Waals surface area contributed by atoms with Gasteiger partial charge >= 0.3 is 0 Å². The van der Waals surface area contributed by atoms with Crippen LogP contribution in [-0.4, -0.2) is 4.57 Å². The lowest BCUT2D eigenvalue weighted by Crippen LogP contribution is -2.20. The van der Waals surface area contributed by atoms with E-state index in [0.717, 1.165) is 6.42 Å². The second-order valence-electron chi connectivity index (χ2n) is 6.08. The number of aromatic nitrogens is 1. The summed E-state index contributed by atoms with van der Waals surface area (Å²) in [5.74, 6) is 0. The van der Waals surface area contributed by atoms with Crippen molar-refractivity contribution in [2.75, 3.05) is 0 Å². The van der Waals surface area contributed by atoms with Gasteiger partial charge in [0.2, 0.25) is 0 Å². The Kier molecular flexibility index (Phi) is 2.19. The van der Waals surface area contributed by atoms with Crippen LogP contribution in [0.5, 0.6) is 0 Å². The van der Waals surface area contributed by atoms with Gasteiger partial charge in [-0.15, -0.1) is 0 Å². The molecule has 2 aliphatic rings. The van der Waals surface area contributed by atoms with Crippen LogP contribution in [-0.2, 0) is 13.0 Å². The molecule has 0 spiro atoms. The topological polar surface area (TPSA) is 30.9 Å². The van der Waals surface area contributed by atoms with E-state index in [-0.39, 0.29) is 6.04 Å². The fourth-order valence-corrected chi connectivity index (χ4v) is 2.97. The SMILES string of the molecule is Cc1cc2c(n1CC1(C)CC1)CCCC2N. The molecule has 1 aromatic heterocycles. The summed E-state index contributed by atoms with van der Waals surface area (Å²) >= 11 is 0. The minimum absolute atomic E-state index is 0.288. The van der Waals surface area contributed by atoms with Gasteiger partial charge in [-0.2, -0.15) is 0 Å². The Morgan fingerprint density at radius 1 is 1.50 bits per heavy atom. The van der Waals surface area contributed by atoms with Gasteiger partial charge in [0.15, 0.2) is 0 Å². The highest BCUT2D eigenvalue weighted by Crippen LogP contribution is 2.47. The summed E-state index contributed by atoms with van der Waals surface area (Å²) < 4.78 is 2.54. The Hall–Kier alpha value is -0.760. The van der Waals surface area contributed by atoms with Crippen LogP contribution in [0.2, 0.25) is 0 Å². The second-order valence-corrected chi connectivity index (χ2v) is 6.08. The standard InChI is InChI=1S/C14H22N2/c1-10-8-11-12(15)4-3-5-13(11)16(10)9-14(2)6-7-14/h8,12H,3-7,9,15H2,1-2H3. The van der Waals surface area contributed by atoms with Crippen LogP contribution in [0.3, 0.4) is 0 Å². The monoisotopic (exact) mass is 218 g/mol. The van der Waals surface area contributed by atoms with E-state index < -0.39 is 0 Å². The molecular weight excluding hydrogens is 196 g/mol. The maximum atomic E-state index is 6.19. The maximum absolute atomic E-state index is 6.19. The molecule has 3 rings (SSSR count). The summed E-state index contributed by atoms with van der Waals surface area (Å²) in [5.41, 5.74) is 11.1. The quantitative estimate of drug-likeness (QED) is 0.813. The van der Waals surface area contributed by atoms with Crippen LogP contribution >= 0.6 is 0 Å². The third kappa shape index (κ3) is 1.60. The van der Waals surface area contributed by atoms with Crippen molar-refractivity contribution in [3.05, 3.63) is 23.0 Å². The van der Waals surface area contributed by atoms with Gasteiger partial charge in [-0.05, 0) is 56.1 Å². The summed E-state index contributed by atoms with van der Waals surface area (Å²) in [5, 5.41) is 0. The molecular formula is C14H22N2. The number of hydrogen-bond donors (Lipinski definition) is 1. The number of nitrogens with zero attached hydrogens (tertiary/aromatic N) is 1. The Labute approximate surface area is 97.8 Å². The molecule has 0 saturated heterocycles. The summed E-state index contributed by atoms with van der Waals surface area (Å²) in [6.07, 6.45) is 6.44. The number of fused-ring (bicyclic) bond motifs is 1. The van der Waals surface area contributed by atoms with Crippen molar-refractivity contribution in [1.82, 2.24) is 4.57 Å². The Bertz CT molecular complexity index is 413. The lowest BCUT2D eigenvalue weighted by atomic mass is 9.93. The third-order valence-electron chi connectivity index (χ3n) is 4.42. The fraction of sp³-hybridized carbons (Fsp3) is 0.714. The van der Waals surface area contributed by atoms with Crippen LogP contribution < -0.4 is 5.73 Å². The first kappa shape index (κ1) is 10.4. The van der Waals surface area contributed by atoms with Gasteiger partial charge < -0.3 is 10.3 Å². The minimum Gasteiger partial charge on any atom is -0.348 e. The van der Waals surface area contributed by atoms with E-state index in [9.17, 15) is 0 Å². The molecule has 88 valence electrons. The maximum Gasteiger partial charge on any atom is 0.0313 e. The van der Waals surface area contributed by atoms with E-state index in [2.05, 4.69) is 24.5 Å². The lowest BCUT2D eigenvalue weighted by Gasteiger charge is -2.22. The first-order valence-corrected chi connectivity index (χ1v) is 6.54. The molecule has 0 aromatic carbocycles. The lowest BCUT2D eigenvalue weighted by molar-refractivity contribution is 0.438. The molecule has 2 heteroatoms. The highest BCUT2D eigenvalue weighted by molar-refractivity contribution is 5.32. The van der Waals surface area contributed by atoms with Gasteiger partial charge in [0.1, 0.15) is 0 Å². The van der Waals surface area contributed by atoms with E-state index >= 15 is 0 Å². The third-order valence-corrected chi connectivity index (χ3v) is 4.42. The molecule has 0 amide bonds. The molecule has 0 aliphatic heterocycles. The molecule has 2 N–H and O–H groups in total. The van der Waals surface area contributed by atoms with Crippen LogP contribution in [0.4, 0.5) is 0 Å². The van der Waals surface area contributed by atoms with Gasteiger partial charge in [0.05, 0.1) is 0 Å². The molecule has 1 saturated carbocycles. The molecule has 1 fully saturated rings. The van der Waals surface area contributed by atoms with Crippen molar-refractivity contribution in [1.29, 1.82) is 0 Å². The average molecular weight is 218 g/mol. The van der Waals surface area contributed by atoms with Crippen LogP contribution in [0.1, 0.15) is 55.6 Å². The summed E-state index contributed by atoms with van der Waals surface area (Å²) in [7, 11) is 0. The molecule has 2 aliphatic carbocycles. The van der Waals surface area contributed by atoms with E-state index in [1.54, 1.807) is 0 Å². The van der Waals surface area contributed by atoms with Gasteiger partial charge in [0, 0.05) is 24.0 Å². The molecule has 1 heterocycles. The summed E-state index contributed by atoms with van der Waals surface area (Å²) in [6, 6.07) is 2.61. The Balaban J connectivity index is 1.97. The normalized spacial score (nSPS) is 26.6. The number of hydrogen-bond acceptors (Lipinski definition) is 1. The smallest absolute Gasteiger partial charge is 0.0313 e. The zero-order valence-electron chi connectivity index (χ0n) is 10.4.